The lowest BCUT2D eigenvalue weighted by molar-refractivity contribution is -0.332. The molecule has 0 saturated heterocycles. The molecule has 1 aromatic rings. The number of ether oxygens (including phenoxy) is 3. The van der Waals surface area contributed by atoms with Crippen molar-refractivity contribution < 1.29 is 32.2 Å². The number of hydrogen-bond acceptors (Lipinski definition) is 5. The Balaban J connectivity index is 2.43. The lowest BCUT2D eigenvalue weighted by Gasteiger charge is -2.27. The van der Waals surface area contributed by atoms with Crippen LogP contribution in [0.1, 0.15) is 38.7 Å². The van der Waals surface area contributed by atoms with Gasteiger partial charge in [0, 0.05) is 26.2 Å². The van der Waals surface area contributed by atoms with Crippen molar-refractivity contribution in [2.75, 3.05) is 39.4 Å². The van der Waals surface area contributed by atoms with Gasteiger partial charge in [-0.3, -0.25) is 9.64 Å². The number of carbonyl (C=O) groups is 1. The van der Waals surface area contributed by atoms with E-state index >= 15 is 0 Å². The Kier molecular flexibility index (Phi) is 13.1. The summed E-state index contributed by atoms with van der Waals surface area (Å²) in [5, 5.41) is 2.67. The van der Waals surface area contributed by atoms with E-state index in [-0.39, 0.29) is 13.2 Å². The summed E-state index contributed by atoms with van der Waals surface area (Å²) in [6, 6.07) is 9.32. The van der Waals surface area contributed by atoms with Crippen LogP contribution >= 0.6 is 0 Å². The highest BCUT2D eigenvalue weighted by atomic mass is 19.4. The summed E-state index contributed by atoms with van der Waals surface area (Å²) in [6.07, 6.45) is -3.45. The molecule has 0 aliphatic heterocycles. The fourth-order valence-corrected chi connectivity index (χ4v) is 2.72. The van der Waals surface area contributed by atoms with Gasteiger partial charge in [0.2, 0.25) is 0 Å². The van der Waals surface area contributed by atoms with Gasteiger partial charge in [0.05, 0.1) is 12.7 Å². The topological polar surface area (TPSA) is 60.0 Å². The molecule has 0 spiro atoms. The van der Waals surface area contributed by atoms with E-state index < -0.39 is 25.2 Å². The molecule has 0 fully saturated rings. The molecule has 1 unspecified atom stereocenters. The van der Waals surface area contributed by atoms with Crippen LogP contribution < -0.4 is 5.32 Å². The summed E-state index contributed by atoms with van der Waals surface area (Å²) < 4.78 is 52.0. The minimum absolute atomic E-state index is 0.174. The van der Waals surface area contributed by atoms with Gasteiger partial charge in [0.1, 0.15) is 6.61 Å². The fourth-order valence-electron chi connectivity index (χ4n) is 2.72. The number of unbranched alkanes of at least 4 members (excludes halogenated alkanes) is 1. The van der Waals surface area contributed by atoms with Gasteiger partial charge in [0.25, 0.3) is 0 Å². The highest BCUT2D eigenvalue weighted by molar-refractivity contribution is 5.67. The van der Waals surface area contributed by atoms with Gasteiger partial charge in [-0.15, -0.1) is 13.2 Å². The van der Waals surface area contributed by atoms with Crippen molar-refractivity contribution in [3.8, 4) is 0 Å². The molecule has 9 heteroatoms. The Morgan fingerprint density at radius 2 is 1.87 bits per heavy atom. The zero-order valence-corrected chi connectivity index (χ0v) is 17.7. The number of alkyl carbamates (subject to hydrolysis) is 1. The summed E-state index contributed by atoms with van der Waals surface area (Å²) >= 11 is 0. The van der Waals surface area contributed by atoms with Gasteiger partial charge < -0.3 is 14.8 Å². The first-order valence-corrected chi connectivity index (χ1v) is 10.3. The van der Waals surface area contributed by atoms with E-state index in [1.54, 1.807) is 0 Å². The summed E-state index contributed by atoms with van der Waals surface area (Å²) in [7, 11) is 0. The molecule has 0 aromatic heterocycles. The Labute approximate surface area is 176 Å². The first kappa shape index (κ1) is 26.2. The molecule has 0 heterocycles. The van der Waals surface area contributed by atoms with E-state index in [2.05, 4.69) is 10.1 Å². The fraction of sp³-hybridized carbons (Fsp3) is 0.667. The van der Waals surface area contributed by atoms with E-state index in [1.807, 2.05) is 49.1 Å². The maximum Gasteiger partial charge on any atom is 0.522 e. The van der Waals surface area contributed by atoms with Crippen LogP contribution in [0.15, 0.2) is 30.3 Å². The molecule has 0 aliphatic carbocycles. The van der Waals surface area contributed by atoms with E-state index in [1.165, 1.54) is 0 Å². The molecule has 1 atom stereocenters. The summed E-state index contributed by atoms with van der Waals surface area (Å²) in [6.45, 7) is 5.70. The summed E-state index contributed by atoms with van der Waals surface area (Å²) in [5.74, 6) is 0. The largest absolute Gasteiger partial charge is 0.522 e. The smallest absolute Gasteiger partial charge is 0.445 e. The molecular weight excluding hydrogens is 401 g/mol. The molecule has 0 bridgehead atoms. The Hall–Kier alpha value is -1.84. The maximum absolute atomic E-state index is 12.4. The second-order valence-corrected chi connectivity index (χ2v) is 6.89. The van der Waals surface area contributed by atoms with Gasteiger partial charge in [-0.05, 0) is 24.9 Å². The van der Waals surface area contributed by atoms with Crippen LogP contribution in [0.5, 0.6) is 0 Å². The average Bonchev–Trinajstić information content (AvgIpc) is 2.70. The molecule has 1 rings (SSSR count). The van der Waals surface area contributed by atoms with Crippen molar-refractivity contribution >= 4 is 6.09 Å². The van der Waals surface area contributed by atoms with E-state index in [0.717, 1.165) is 24.8 Å². The quantitative estimate of drug-likeness (QED) is 0.416. The number of nitrogens with one attached hydrogen (secondary N) is 1. The highest BCUT2D eigenvalue weighted by Crippen LogP contribution is 2.17. The van der Waals surface area contributed by atoms with Crippen LogP contribution in [0.3, 0.4) is 0 Å². The first-order valence-electron chi connectivity index (χ1n) is 10.3. The van der Waals surface area contributed by atoms with E-state index in [9.17, 15) is 18.0 Å². The lowest BCUT2D eigenvalue weighted by atomic mass is 10.2. The van der Waals surface area contributed by atoms with Crippen LogP contribution in [0.2, 0.25) is 0 Å². The molecule has 30 heavy (non-hydrogen) atoms. The molecule has 6 nitrogen and oxygen atoms in total. The van der Waals surface area contributed by atoms with Gasteiger partial charge in [-0.1, -0.05) is 50.6 Å². The molecule has 172 valence electrons. The Bertz CT molecular complexity index is 573. The van der Waals surface area contributed by atoms with Crippen molar-refractivity contribution in [3.63, 3.8) is 0 Å². The lowest BCUT2D eigenvalue weighted by Crippen LogP contribution is -2.42. The monoisotopic (exact) mass is 434 g/mol. The minimum atomic E-state index is -4.69. The van der Waals surface area contributed by atoms with Crippen LogP contribution in [0.25, 0.3) is 0 Å². The number of halogens is 3. The van der Waals surface area contributed by atoms with E-state index in [4.69, 9.17) is 9.47 Å². The summed E-state index contributed by atoms with van der Waals surface area (Å²) in [5.41, 5.74) is 0.886. The number of carbonyl (C=O) groups excluding carboxylic acids is 1. The average molecular weight is 434 g/mol. The van der Waals surface area contributed by atoms with Crippen molar-refractivity contribution in [2.24, 2.45) is 0 Å². The van der Waals surface area contributed by atoms with Crippen molar-refractivity contribution in [1.29, 1.82) is 0 Å². The predicted molar refractivity (Wildman–Crippen MR) is 108 cm³/mol. The number of hydrogen-bond donors (Lipinski definition) is 1. The molecule has 1 N–H and O–H groups in total. The van der Waals surface area contributed by atoms with Crippen LogP contribution in [0.4, 0.5) is 18.0 Å². The van der Waals surface area contributed by atoms with E-state index in [0.29, 0.717) is 26.2 Å². The number of nitrogens with zero attached hydrogens (tertiary/aromatic N) is 1. The normalized spacial score (nSPS) is 12.7. The third-order valence-electron chi connectivity index (χ3n) is 4.20. The second-order valence-electron chi connectivity index (χ2n) is 6.89. The minimum Gasteiger partial charge on any atom is -0.445 e. The molecule has 0 radical (unpaired) electrons. The highest BCUT2D eigenvalue weighted by Gasteiger charge is 2.31. The number of amides is 1. The zero-order chi connectivity index (χ0) is 22.2. The molecule has 0 saturated carbocycles. The van der Waals surface area contributed by atoms with Gasteiger partial charge >= 0.3 is 12.5 Å². The van der Waals surface area contributed by atoms with Crippen LogP contribution in [-0.4, -0.2) is 62.9 Å². The van der Waals surface area contributed by atoms with Crippen molar-refractivity contribution in [3.05, 3.63) is 35.9 Å². The molecule has 1 amide bonds. The summed E-state index contributed by atoms with van der Waals surface area (Å²) in [4.78, 5) is 13.8. The van der Waals surface area contributed by atoms with Crippen LogP contribution in [-0.2, 0) is 20.8 Å². The Morgan fingerprint density at radius 3 is 2.50 bits per heavy atom. The standard InChI is InChI=1S/C21H33F3N2O4/c1-3-5-14-28-19(17-30-21(22,23)24)15-26(12-4-2)13-11-25-20(27)29-16-18-9-7-6-8-10-18/h6-10,19H,3-5,11-17H2,1-2H3,(H,25,27). The Morgan fingerprint density at radius 1 is 1.13 bits per heavy atom. The second kappa shape index (κ2) is 15.0. The first-order chi connectivity index (χ1) is 14.3. The SMILES string of the molecule is CCCCOC(COC(F)(F)F)CN(CCC)CCNC(=O)OCc1ccccc1. The third-order valence-corrected chi connectivity index (χ3v) is 4.20. The van der Waals surface area contributed by atoms with Gasteiger partial charge in [-0.2, -0.15) is 0 Å². The number of rotatable bonds is 15. The third kappa shape index (κ3) is 13.4. The van der Waals surface area contributed by atoms with Crippen LogP contribution in [0, 0.1) is 0 Å². The van der Waals surface area contributed by atoms with Gasteiger partial charge in [-0.25, -0.2) is 4.79 Å². The maximum atomic E-state index is 12.4. The van der Waals surface area contributed by atoms with Gasteiger partial charge in [0.15, 0.2) is 0 Å². The predicted octanol–water partition coefficient (Wildman–Crippen LogP) is 4.35. The number of alkyl halides is 3. The van der Waals surface area contributed by atoms with Crippen molar-refractivity contribution in [1.82, 2.24) is 10.2 Å². The van der Waals surface area contributed by atoms with Crippen molar-refractivity contribution in [2.45, 2.75) is 52.2 Å². The molecular formula is C21H33F3N2O4. The molecule has 1 aromatic carbocycles. The number of benzene rings is 1. The zero-order valence-electron chi connectivity index (χ0n) is 17.7. The molecule has 0 aliphatic rings.